The fraction of sp³-hybridized carbons (Fsp3) is 0.636. The molecule has 0 atom stereocenters. The second-order valence-electron chi connectivity index (χ2n) is 7.78. The van der Waals surface area contributed by atoms with Gasteiger partial charge in [-0.1, -0.05) is 6.92 Å². The molecular formula is C22H34Zr. The van der Waals surface area contributed by atoms with Crippen LogP contribution in [-0.4, -0.2) is 0 Å². The molecule has 0 unspecified atom stereocenters. The third-order valence-corrected chi connectivity index (χ3v) is 17.5. The summed E-state index contributed by atoms with van der Waals surface area (Å²) in [6, 6.07) is 0. The van der Waals surface area contributed by atoms with Crippen molar-refractivity contribution in [3.63, 3.8) is 0 Å². The fourth-order valence-electron chi connectivity index (χ4n) is 4.33. The van der Waals surface area contributed by atoms with E-state index in [1.54, 1.807) is 13.8 Å². The van der Waals surface area contributed by atoms with Gasteiger partial charge < -0.3 is 0 Å². The van der Waals surface area contributed by atoms with Crippen LogP contribution in [0.1, 0.15) is 77.6 Å². The van der Waals surface area contributed by atoms with Crippen LogP contribution >= 0.6 is 0 Å². The molecule has 0 spiro atoms. The first-order valence-corrected chi connectivity index (χ1v) is 16.0. The van der Waals surface area contributed by atoms with Gasteiger partial charge in [-0.05, 0) is 0 Å². The first kappa shape index (κ1) is 17.7. The van der Waals surface area contributed by atoms with Gasteiger partial charge in [-0.15, -0.1) is 0 Å². The van der Waals surface area contributed by atoms with Gasteiger partial charge in [0.05, 0.1) is 0 Å². The summed E-state index contributed by atoms with van der Waals surface area (Å²) in [5.41, 5.74) is 1.68. The molecule has 3 aliphatic rings. The zero-order valence-corrected chi connectivity index (χ0v) is 17.5. The summed E-state index contributed by atoms with van der Waals surface area (Å²) < 4.78 is 7.04. The average molecular weight is 390 g/mol. The number of rotatable bonds is 11. The summed E-state index contributed by atoms with van der Waals surface area (Å²) in [7, 11) is 0. The van der Waals surface area contributed by atoms with Crippen LogP contribution in [0.5, 0.6) is 0 Å². The zero-order chi connectivity index (χ0) is 16.0. The van der Waals surface area contributed by atoms with Gasteiger partial charge in [-0.3, -0.25) is 0 Å². The molecule has 0 bridgehead atoms. The molecule has 1 heterocycles. The van der Waals surface area contributed by atoms with Crippen LogP contribution < -0.4 is 0 Å². The third kappa shape index (κ3) is 4.69. The Hall–Kier alpha value is -0.157. The first-order valence-electron chi connectivity index (χ1n) is 10.1. The van der Waals surface area contributed by atoms with Gasteiger partial charge in [0.25, 0.3) is 0 Å². The third-order valence-electron chi connectivity index (χ3n) is 6.01. The Bertz CT molecular complexity index is 514. The number of unbranched alkanes of at least 4 members (excludes halogenated alkanes) is 7. The molecule has 2 aliphatic carbocycles. The SMILES string of the molecule is CCCCCCCCCCC1=CC[C]([Zr]2([C]3=CC=CC3)[CH2][CH2]2)=C1. The molecule has 0 nitrogen and oxygen atoms in total. The molecule has 1 aliphatic heterocycles. The molecule has 0 amide bonds. The molecule has 0 aromatic carbocycles. The van der Waals surface area contributed by atoms with Crippen molar-refractivity contribution in [2.75, 3.05) is 0 Å². The van der Waals surface area contributed by atoms with Crippen LogP contribution in [0, 0.1) is 0 Å². The predicted octanol–water partition coefficient (Wildman–Crippen LogP) is 7.58. The molecule has 0 N–H and O–H groups in total. The van der Waals surface area contributed by atoms with Gasteiger partial charge in [0.15, 0.2) is 0 Å². The van der Waals surface area contributed by atoms with Gasteiger partial charge in [-0.25, -0.2) is 0 Å². The van der Waals surface area contributed by atoms with Crippen molar-refractivity contribution in [1.82, 2.24) is 0 Å². The molecule has 3 rings (SSSR count). The summed E-state index contributed by atoms with van der Waals surface area (Å²) in [6.45, 7) is 2.30. The Balaban J connectivity index is 1.34. The number of hydrogen-bond donors (Lipinski definition) is 0. The summed E-state index contributed by atoms with van der Waals surface area (Å²) in [5.74, 6) is 0. The second-order valence-corrected chi connectivity index (χ2v) is 18.7. The molecule has 1 fully saturated rings. The molecule has 1 heteroatoms. The standard InChI is InChI=1S/C15H25.C5H5.C2H4.Zr/c1-2-3-4-5-6-7-8-9-12-15-13-10-11-14-15;1-2-4-5-3-1;1-2;/h13-14H,2-10,12H2,1H3;1-3H,4H2;1-2H2;. The maximum absolute atomic E-state index is 2.66. The van der Waals surface area contributed by atoms with Gasteiger partial charge in [-0.2, -0.15) is 0 Å². The average Bonchev–Trinajstić information content (AvgIpc) is 3.01. The number of hydrogen-bond acceptors (Lipinski definition) is 0. The molecule has 126 valence electrons. The van der Waals surface area contributed by atoms with E-state index in [4.69, 9.17) is 0 Å². The van der Waals surface area contributed by atoms with E-state index in [0.29, 0.717) is 0 Å². The normalized spacial score (nSPS) is 21.3. The van der Waals surface area contributed by atoms with Crippen LogP contribution in [0.4, 0.5) is 0 Å². The topological polar surface area (TPSA) is 0 Å². The van der Waals surface area contributed by atoms with Crippen LogP contribution in [-0.2, 0) is 20.3 Å². The number of allylic oxidation sites excluding steroid dienone is 8. The van der Waals surface area contributed by atoms with E-state index in [-0.39, 0.29) is 0 Å². The van der Waals surface area contributed by atoms with Crippen molar-refractivity contribution in [3.8, 4) is 0 Å². The van der Waals surface area contributed by atoms with E-state index in [9.17, 15) is 0 Å². The Morgan fingerprint density at radius 3 is 2.26 bits per heavy atom. The summed E-state index contributed by atoms with van der Waals surface area (Å²) in [4.78, 5) is 0. The zero-order valence-electron chi connectivity index (χ0n) is 15.1. The van der Waals surface area contributed by atoms with E-state index in [1.165, 1.54) is 70.6 Å². The molecule has 0 aromatic heterocycles. The van der Waals surface area contributed by atoms with Crippen molar-refractivity contribution >= 4 is 0 Å². The molecule has 23 heavy (non-hydrogen) atoms. The van der Waals surface area contributed by atoms with Crippen LogP contribution in [0.15, 0.2) is 42.5 Å². The Labute approximate surface area is 148 Å². The molecule has 0 aromatic rings. The van der Waals surface area contributed by atoms with E-state index < -0.39 is 20.3 Å². The maximum atomic E-state index is 2.66. The van der Waals surface area contributed by atoms with E-state index >= 15 is 0 Å². The Morgan fingerprint density at radius 2 is 1.61 bits per heavy atom. The van der Waals surface area contributed by atoms with Gasteiger partial charge in [0.2, 0.25) is 0 Å². The van der Waals surface area contributed by atoms with Crippen LogP contribution in [0.2, 0.25) is 8.26 Å². The van der Waals surface area contributed by atoms with Crippen molar-refractivity contribution < 1.29 is 20.3 Å². The minimum atomic E-state index is -1.90. The second kappa shape index (κ2) is 8.80. The van der Waals surface area contributed by atoms with Crippen molar-refractivity contribution in [2.45, 2.75) is 85.8 Å². The Kier molecular flexibility index (Phi) is 6.75. The fourth-order valence-corrected chi connectivity index (χ4v) is 17.4. The Morgan fingerprint density at radius 1 is 0.870 bits per heavy atom. The van der Waals surface area contributed by atoms with Crippen LogP contribution in [0.25, 0.3) is 0 Å². The predicted molar refractivity (Wildman–Crippen MR) is 99.5 cm³/mol. The van der Waals surface area contributed by atoms with Crippen molar-refractivity contribution in [1.29, 1.82) is 0 Å². The molecule has 0 saturated carbocycles. The summed E-state index contributed by atoms with van der Waals surface area (Å²) in [6.07, 6.45) is 27.8. The van der Waals surface area contributed by atoms with E-state index in [1.807, 2.05) is 6.56 Å². The minimum absolute atomic E-state index is 1.29. The first-order chi connectivity index (χ1) is 11.3. The van der Waals surface area contributed by atoms with Crippen molar-refractivity contribution in [2.24, 2.45) is 0 Å². The van der Waals surface area contributed by atoms with Crippen molar-refractivity contribution in [3.05, 3.63) is 42.5 Å². The monoisotopic (exact) mass is 388 g/mol. The molecule has 1 saturated heterocycles. The van der Waals surface area contributed by atoms with E-state index in [0.717, 1.165) is 0 Å². The van der Waals surface area contributed by atoms with Gasteiger partial charge >= 0.3 is 142 Å². The van der Waals surface area contributed by atoms with Gasteiger partial charge in [0.1, 0.15) is 0 Å². The summed E-state index contributed by atoms with van der Waals surface area (Å²) >= 11 is -1.90. The molecule has 0 radical (unpaired) electrons. The van der Waals surface area contributed by atoms with E-state index in [2.05, 4.69) is 37.3 Å². The van der Waals surface area contributed by atoms with Gasteiger partial charge in [0, 0.05) is 0 Å². The van der Waals surface area contributed by atoms with Crippen LogP contribution in [0.3, 0.4) is 0 Å². The summed E-state index contributed by atoms with van der Waals surface area (Å²) in [5, 5.41) is 0. The quantitative estimate of drug-likeness (QED) is 0.319. The molecular weight excluding hydrogens is 355 g/mol.